The molecule has 0 spiro atoms. The summed E-state index contributed by atoms with van der Waals surface area (Å²) in [5, 5.41) is 15.8. The first-order valence-electron chi connectivity index (χ1n) is 9.35. The number of nitrogens with one attached hydrogen (secondary N) is 2. The van der Waals surface area contributed by atoms with Crippen molar-refractivity contribution < 1.29 is 14.7 Å². The normalized spacial score (nSPS) is 23.3. The van der Waals surface area contributed by atoms with Crippen molar-refractivity contribution in [2.24, 2.45) is 5.41 Å². The predicted molar refractivity (Wildman–Crippen MR) is 104 cm³/mol. The monoisotopic (exact) mass is 364 g/mol. The molecular weight excluding hydrogens is 340 g/mol. The Kier molecular flexibility index (Phi) is 4.17. The molecule has 27 heavy (non-hydrogen) atoms. The van der Waals surface area contributed by atoms with Gasteiger partial charge in [0.05, 0.1) is 17.5 Å². The number of amides is 1. The first kappa shape index (κ1) is 17.6. The summed E-state index contributed by atoms with van der Waals surface area (Å²) in [6.45, 7) is 5.12. The third-order valence-corrected chi connectivity index (χ3v) is 5.77. The lowest BCUT2D eigenvalue weighted by Gasteiger charge is -2.41. The molecule has 1 saturated heterocycles. The zero-order valence-electron chi connectivity index (χ0n) is 15.6. The van der Waals surface area contributed by atoms with Gasteiger partial charge in [0.1, 0.15) is 0 Å². The van der Waals surface area contributed by atoms with E-state index in [0.29, 0.717) is 5.56 Å². The Morgan fingerprint density at radius 2 is 1.93 bits per heavy atom. The summed E-state index contributed by atoms with van der Waals surface area (Å²) in [6.07, 6.45) is 1.62. The third-order valence-electron chi connectivity index (χ3n) is 5.77. The molecule has 0 aliphatic carbocycles. The average Bonchev–Trinajstić information content (AvgIpc) is 3.06. The van der Waals surface area contributed by atoms with Crippen LogP contribution in [0.15, 0.2) is 42.5 Å². The highest BCUT2D eigenvalue weighted by molar-refractivity contribution is 5.88. The molecule has 0 saturated carbocycles. The number of aromatic carboxylic acids is 1. The molecule has 1 amide bonds. The summed E-state index contributed by atoms with van der Waals surface area (Å²) in [5.74, 6) is -0.864. The van der Waals surface area contributed by atoms with E-state index < -0.39 is 5.97 Å². The highest BCUT2D eigenvalue weighted by Gasteiger charge is 2.36. The molecule has 0 bridgehead atoms. The van der Waals surface area contributed by atoms with E-state index >= 15 is 0 Å². The molecule has 4 rings (SSSR count). The van der Waals surface area contributed by atoms with Crippen LogP contribution in [0.25, 0.3) is 0 Å². The molecule has 3 N–H and O–H groups in total. The summed E-state index contributed by atoms with van der Waals surface area (Å²) in [6, 6.07) is 13.7. The van der Waals surface area contributed by atoms with Crippen LogP contribution >= 0.6 is 0 Å². The molecule has 0 radical (unpaired) electrons. The highest BCUT2D eigenvalue weighted by atomic mass is 16.4. The van der Waals surface area contributed by atoms with Crippen molar-refractivity contribution in [1.29, 1.82) is 0 Å². The Balaban J connectivity index is 1.68. The number of anilines is 1. The standard InChI is InChI=1S/C22H24N2O3/c1-22(2)12-16-11-15(21(26)27)6-7-18(16)24-19(22)14-5-3-4-13(10-14)17-8-9-23-20(17)25/h3-7,10-11,17,19,24H,8-9,12H2,1-2H3,(H,23,25)(H,26,27). The quantitative estimate of drug-likeness (QED) is 0.776. The van der Waals surface area contributed by atoms with Gasteiger partial charge >= 0.3 is 5.97 Å². The lowest BCUT2D eigenvalue weighted by molar-refractivity contribution is -0.120. The van der Waals surface area contributed by atoms with E-state index in [1.165, 1.54) is 0 Å². The second-order valence-electron chi connectivity index (χ2n) is 8.22. The van der Waals surface area contributed by atoms with Crippen molar-refractivity contribution in [2.45, 2.75) is 38.6 Å². The first-order valence-corrected chi connectivity index (χ1v) is 9.35. The van der Waals surface area contributed by atoms with Crippen molar-refractivity contribution in [3.8, 4) is 0 Å². The van der Waals surface area contributed by atoms with Gasteiger partial charge in [-0.05, 0) is 53.1 Å². The van der Waals surface area contributed by atoms with Crippen LogP contribution in [0, 0.1) is 5.41 Å². The summed E-state index contributed by atoms with van der Waals surface area (Å²) in [5.41, 5.74) is 4.45. The lowest BCUT2D eigenvalue weighted by Crippen LogP contribution is -2.35. The Morgan fingerprint density at radius 3 is 2.63 bits per heavy atom. The zero-order valence-corrected chi connectivity index (χ0v) is 15.6. The molecule has 2 aromatic carbocycles. The molecule has 5 heteroatoms. The molecule has 2 aliphatic heterocycles. The predicted octanol–water partition coefficient (Wildman–Crippen LogP) is 3.72. The number of hydrogen-bond acceptors (Lipinski definition) is 3. The lowest BCUT2D eigenvalue weighted by atomic mass is 9.72. The number of carboxylic acid groups (broad SMARTS) is 1. The van der Waals surface area contributed by atoms with Crippen molar-refractivity contribution in [3.63, 3.8) is 0 Å². The number of rotatable bonds is 3. The molecule has 2 unspecified atom stereocenters. The maximum atomic E-state index is 12.1. The highest BCUT2D eigenvalue weighted by Crippen LogP contribution is 2.45. The molecule has 140 valence electrons. The van der Waals surface area contributed by atoms with Crippen molar-refractivity contribution in [1.82, 2.24) is 5.32 Å². The van der Waals surface area contributed by atoms with Crippen molar-refractivity contribution in [3.05, 3.63) is 64.7 Å². The maximum absolute atomic E-state index is 12.1. The van der Waals surface area contributed by atoms with E-state index in [2.05, 4.69) is 36.6 Å². The molecule has 5 nitrogen and oxygen atoms in total. The van der Waals surface area contributed by atoms with Crippen molar-refractivity contribution >= 4 is 17.6 Å². The smallest absolute Gasteiger partial charge is 0.335 e. The number of hydrogen-bond donors (Lipinski definition) is 3. The first-order chi connectivity index (χ1) is 12.8. The van der Waals surface area contributed by atoms with Crippen LogP contribution < -0.4 is 10.6 Å². The van der Waals surface area contributed by atoms with Crippen LogP contribution in [0.1, 0.15) is 59.3 Å². The fourth-order valence-electron chi connectivity index (χ4n) is 4.36. The van der Waals surface area contributed by atoms with Gasteiger partial charge in [0.2, 0.25) is 5.91 Å². The van der Waals surface area contributed by atoms with Gasteiger partial charge in [-0.3, -0.25) is 4.79 Å². The largest absolute Gasteiger partial charge is 0.478 e. The van der Waals surface area contributed by atoms with Crippen molar-refractivity contribution in [2.75, 3.05) is 11.9 Å². The van der Waals surface area contributed by atoms with Gasteiger partial charge < -0.3 is 15.7 Å². The minimum absolute atomic E-state index is 0.0675. The van der Waals surface area contributed by atoms with Gasteiger partial charge in [-0.25, -0.2) is 4.79 Å². The van der Waals surface area contributed by atoms with E-state index in [9.17, 15) is 14.7 Å². The number of benzene rings is 2. The summed E-state index contributed by atoms with van der Waals surface area (Å²) in [4.78, 5) is 23.3. The van der Waals surface area contributed by atoms with Crippen LogP contribution in [0.2, 0.25) is 0 Å². The molecule has 2 heterocycles. The van der Waals surface area contributed by atoms with Crippen LogP contribution in [-0.2, 0) is 11.2 Å². The van der Waals surface area contributed by atoms with Crippen LogP contribution in [0.5, 0.6) is 0 Å². The molecule has 1 fully saturated rings. The van der Waals surface area contributed by atoms with Crippen LogP contribution in [0.4, 0.5) is 5.69 Å². The van der Waals surface area contributed by atoms with E-state index in [1.54, 1.807) is 12.1 Å². The average molecular weight is 364 g/mol. The summed E-state index contributed by atoms with van der Waals surface area (Å²) >= 11 is 0. The molecular formula is C22H24N2O3. The summed E-state index contributed by atoms with van der Waals surface area (Å²) in [7, 11) is 0. The third kappa shape index (κ3) is 3.18. The number of fused-ring (bicyclic) bond motifs is 1. The Bertz CT molecular complexity index is 920. The Morgan fingerprint density at radius 1 is 1.15 bits per heavy atom. The number of carbonyl (C=O) groups excluding carboxylic acids is 1. The topological polar surface area (TPSA) is 78.4 Å². The van der Waals surface area contributed by atoms with Gasteiger partial charge in [-0.15, -0.1) is 0 Å². The molecule has 2 atom stereocenters. The molecule has 2 aromatic rings. The summed E-state index contributed by atoms with van der Waals surface area (Å²) < 4.78 is 0. The van der Waals surface area contributed by atoms with E-state index in [0.717, 1.165) is 41.8 Å². The maximum Gasteiger partial charge on any atom is 0.335 e. The minimum Gasteiger partial charge on any atom is -0.478 e. The Hall–Kier alpha value is -2.82. The van der Waals surface area contributed by atoms with Gasteiger partial charge in [0.15, 0.2) is 0 Å². The molecule has 2 aliphatic rings. The second-order valence-corrected chi connectivity index (χ2v) is 8.22. The SMILES string of the molecule is CC1(C)Cc2cc(C(=O)O)ccc2NC1c1cccc(C2CCNC2=O)c1. The van der Waals surface area contributed by atoms with Gasteiger partial charge in [-0.1, -0.05) is 38.1 Å². The molecule has 0 aromatic heterocycles. The van der Waals surface area contributed by atoms with E-state index in [4.69, 9.17) is 0 Å². The Labute approximate surface area is 158 Å². The van der Waals surface area contributed by atoms with Gasteiger partial charge in [-0.2, -0.15) is 0 Å². The second kappa shape index (κ2) is 6.41. The number of carbonyl (C=O) groups is 2. The van der Waals surface area contributed by atoms with Crippen LogP contribution in [0.3, 0.4) is 0 Å². The van der Waals surface area contributed by atoms with E-state index in [-0.39, 0.29) is 23.3 Å². The number of carboxylic acids is 1. The zero-order chi connectivity index (χ0) is 19.2. The van der Waals surface area contributed by atoms with Crippen LogP contribution in [-0.4, -0.2) is 23.5 Å². The minimum atomic E-state index is -0.903. The van der Waals surface area contributed by atoms with Gasteiger partial charge in [0.25, 0.3) is 0 Å². The fraction of sp³-hybridized carbons (Fsp3) is 0.364. The van der Waals surface area contributed by atoms with Gasteiger partial charge in [0, 0.05) is 12.2 Å². The van der Waals surface area contributed by atoms with E-state index in [1.807, 2.05) is 18.2 Å². The fourth-order valence-corrected chi connectivity index (χ4v) is 4.36.